The van der Waals surface area contributed by atoms with Crippen molar-refractivity contribution in [3.8, 4) is 0 Å². The fourth-order valence-corrected chi connectivity index (χ4v) is 5.26. The molecule has 3 aromatic rings. The molecule has 0 atom stereocenters. The van der Waals surface area contributed by atoms with Gasteiger partial charge in [0, 0.05) is 81.0 Å². The number of likely N-dealkylation sites (N-methyl/N-ethyl adjacent to an activating group) is 1. The number of rotatable bonds is 10. The molecular formula is C30H38ClN5O4. The molecule has 2 aliphatic rings. The van der Waals surface area contributed by atoms with Crippen LogP contribution >= 0.6 is 11.6 Å². The van der Waals surface area contributed by atoms with E-state index in [9.17, 15) is 9.59 Å². The lowest BCUT2D eigenvalue weighted by Gasteiger charge is -2.32. The van der Waals surface area contributed by atoms with Crippen LogP contribution in [0, 0.1) is 0 Å². The smallest absolute Gasteiger partial charge is 0.261 e. The highest BCUT2D eigenvalue weighted by atomic mass is 35.5. The van der Waals surface area contributed by atoms with Crippen LogP contribution in [0.15, 0.2) is 53.5 Å². The number of nitrogens with zero attached hydrogens (tertiary/aromatic N) is 4. The second-order valence-electron chi connectivity index (χ2n) is 10.6. The first-order valence-corrected chi connectivity index (χ1v) is 14.3. The third-order valence-corrected chi connectivity index (χ3v) is 7.91. The van der Waals surface area contributed by atoms with Crippen LogP contribution in [0.5, 0.6) is 0 Å². The van der Waals surface area contributed by atoms with Crippen molar-refractivity contribution < 1.29 is 14.3 Å². The number of morpholine rings is 1. The Morgan fingerprint density at radius 3 is 2.48 bits per heavy atom. The van der Waals surface area contributed by atoms with E-state index in [0.29, 0.717) is 42.3 Å². The average molecular weight is 568 g/mol. The minimum Gasteiger partial charge on any atom is -0.379 e. The van der Waals surface area contributed by atoms with Gasteiger partial charge in [-0.3, -0.25) is 19.4 Å². The standard InChI is InChI=1S/C30H38ClN5O4/c1-33-8-10-34(11-9-33)12-17-40-22-36(21-23-2-5-25(31)6-3-23)30(38)27-19-32-28-7-4-24(18-26(28)29(27)37)20-35-13-15-39-16-14-35/h2-7,18-19H,8-17,20-22H2,1H3,(H,32,37). The van der Waals surface area contributed by atoms with Gasteiger partial charge in [0.05, 0.1) is 19.8 Å². The molecule has 1 aromatic heterocycles. The Morgan fingerprint density at radius 1 is 1.00 bits per heavy atom. The number of pyridine rings is 1. The van der Waals surface area contributed by atoms with Crippen molar-refractivity contribution in [2.75, 3.05) is 79.4 Å². The Kier molecular flexibility index (Phi) is 9.85. The molecule has 1 amide bonds. The summed E-state index contributed by atoms with van der Waals surface area (Å²) in [6.45, 7) is 9.70. The second kappa shape index (κ2) is 13.7. The topological polar surface area (TPSA) is 81.3 Å². The highest BCUT2D eigenvalue weighted by Crippen LogP contribution is 2.17. The Hall–Kier alpha value is -2.79. The molecule has 2 fully saturated rings. The zero-order chi connectivity index (χ0) is 27.9. The van der Waals surface area contributed by atoms with E-state index in [0.717, 1.165) is 63.5 Å². The van der Waals surface area contributed by atoms with Gasteiger partial charge in [0.25, 0.3) is 5.91 Å². The fourth-order valence-electron chi connectivity index (χ4n) is 5.14. The number of hydrogen-bond acceptors (Lipinski definition) is 7. The summed E-state index contributed by atoms with van der Waals surface area (Å²) in [5.74, 6) is -0.365. The third-order valence-electron chi connectivity index (χ3n) is 7.65. The quantitative estimate of drug-likeness (QED) is 0.298. The van der Waals surface area contributed by atoms with Crippen LogP contribution in [0.25, 0.3) is 10.9 Å². The van der Waals surface area contributed by atoms with E-state index in [1.807, 2.05) is 30.3 Å². The number of aromatic amines is 1. The first-order chi connectivity index (χ1) is 19.5. The van der Waals surface area contributed by atoms with E-state index in [2.05, 4.69) is 26.7 Å². The average Bonchev–Trinajstić information content (AvgIpc) is 2.97. The number of nitrogens with one attached hydrogen (secondary N) is 1. The zero-order valence-corrected chi connectivity index (χ0v) is 23.9. The van der Waals surface area contributed by atoms with E-state index in [4.69, 9.17) is 21.1 Å². The molecule has 10 heteroatoms. The van der Waals surface area contributed by atoms with Crippen molar-refractivity contribution in [2.24, 2.45) is 0 Å². The van der Waals surface area contributed by atoms with Gasteiger partial charge in [-0.25, -0.2) is 0 Å². The monoisotopic (exact) mass is 567 g/mol. The number of carbonyl (C=O) groups is 1. The van der Waals surface area contributed by atoms with Crippen LogP contribution in [-0.2, 0) is 22.6 Å². The minimum absolute atomic E-state index is 0.0871. The minimum atomic E-state index is -0.365. The largest absolute Gasteiger partial charge is 0.379 e. The van der Waals surface area contributed by atoms with Crippen LogP contribution in [-0.4, -0.2) is 110 Å². The first-order valence-electron chi connectivity index (χ1n) is 13.9. The van der Waals surface area contributed by atoms with E-state index in [1.165, 1.54) is 6.20 Å². The maximum atomic E-state index is 13.8. The number of halogens is 1. The lowest BCUT2D eigenvalue weighted by atomic mass is 10.1. The molecule has 2 aromatic carbocycles. The summed E-state index contributed by atoms with van der Waals surface area (Å²) >= 11 is 6.07. The lowest BCUT2D eigenvalue weighted by molar-refractivity contribution is 0.0106. The fraction of sp³-hybridized carbons (Fsp3) is 0.467. The van der Waals surface area contributed by atoms with Crippen molar-refractivity contribution in [3.63, 3.8) is 0 Å². The van der Waals surface area contributed by atoms with Crippen molar-refractivity contribution in [1.82, 2.24) is 24.6 Å². The normalized spacial score (nSPS) is 17.4. The summed E-state index contributed by atoms with van der Waals surface area (Å²) in [5, 5.41) is 1.14. The summed E-state index contributed by atoms with van der Waals surface area (Å²) in [5.41, 5.74) is 2.48. The highest BCUT2D eigenvalue weighted by Gasteiger charge is 2.22. The second-order valence-corrected chi connectivity index (χ2v) is 11.0. The molecule has 40 heavy (non-hydrogen) atoms. The van der Waals surface area contributed by atoms with Gasteiger partial charge in [0.15, 0.2) is 0 Å². The molecule has 0 bridgehead atoms. The summed E-state index contributed by atoms with van der Waals surface area (Å²) in [6.07, 6.45) is 1.52. The summed E-state index contributed by atoms with van der Waals surface area (Å²) in [6, 6.07) is 13.2. The maximum Gasteiger partial charge on any atom is 0.261 e. The predicted molar refractivity (Wildman–Crippen MR) is 157 cm³/mol. The van der Waals surface area contributed by atoms with Crippen LogP contribution in [0.2, 0.25) is 5.02 Å². The van der Waals surface area contributed by atoms with Gasteiger partial charge in [0.1, 0.15) is 12.3 Å². The van der Waals surface area contributed by atoms with Crippen molar-refractivity contribution in [2.45, 2.75) is 13.1 Å². The lowest BCUT2D eigenvalue weighted by Crippen LogP contribution is -2.45. The predicted octanol–water partition coefficient (Wildman–Crippen LogP) is 2.88. The molecule has 5 rings (SSSR count). The van der Waals surface area contributed by atoms with Gasteiger partial charge >= 0.3 is 0 Å². The van der Waals surface area contributed by atoms with Crippen molar-refractivity contribution in [3.05, 3.63) is 80.6 Å². The number of carbonyl (C=O) groups excluding carboxylic acids is 1. The molecular weight excluding hydrogens is 530 g/mol. The van der Waals surface area contributed by atoms with Crippen molar-refractivity contribution in [1.29, 1.82) is 0 Å². The Labute approximate surface area is 240 Å². The van der Waals surface area contributed by atoms with E-state index >= 15 is 0 Å². The summed E-state index contributed by atoms with van der Waals surface area (Å²) in [4.78, 5) is 39.1. The van der Waals surface area contributed by atoms with E-state index < -0.39 is 0 Å². The molecule has 9 nitrogen and oxygen atoms in total. The van der Waals surface area contributed by atoms with Crippen LogP contribution in [0.3, 0.4) is 0 Å². The molecule has 0 spiro atoms. The summed E-state index contributed by atoms with van der Waals surface area (Å²) in [7, 11) is 2.13. The number of ether oxygens (including phenoxy) is 2. The van der Waals surface area contributed by atoms with Crippen LogP contribution < -0.4 is 5.43 Å². The molecule has 3 heterocycles. The van der Waals surface area contributed by atoms with Gasteiger partial charge in [-0.05, 0) is 42.4 Å². The summed E-state index contributed by atoms with van der Waals surface area (Å²) < 4.78 is 11.4. The van der Waals surface area contributed by atoms with Gasteiger partial charge in [0.2, 0.25) is 5.43 Å². The van der Waals surface area contributed by atoms with Crippen LogP contribution in [0.1, 0.15) is 21.5 Å². The Balaban J connectivity index is 1.31. The number of piperazine rings is 1. The molecule has 1 N–H and O–H groups in total. The van der Waals surface area contributed by atoms with Crippen molar-refractivity contribution >= 4 is 28.4 Å². The SMILES string of the molecule is CN1CCN(CCOCN(Cc2ccc(Cl)cc2)C(=O)c2c[nH]c3ccc(CN4CCOCC4)cc3c2=O)CC1. The number of H-pyrrole nitrogens is 1. The number of fused-ring (bicyclic) bond motifs is 1. The van der Waals surface area contributed by atoms with Gasteiger partial charge in [-0.1, -0.05) is 29.8 Å². The number of aromatic nitrogens is 1. The highest BCUT2D eigenvalue weighted by molar-refractivity contribution is 6.30. The van der Waals surface area contributed by atoms with Gasteiger partial charge in [-0.15, -0.1) is 0 Å². The zero-order valence-electron chi connectivity index (χ0n) is 23.1. The third kappa shape index (κ3) is 7.48. The number of amides is 1. The maximum absolute atomic E-state index is 13.8. The molecule has 214 valence electrons. The number of hydrogen-bond donors (Lipinski definition) is 1. The van der Waals surface area contributed by atoms with E-state index in [-0.39, 0.29) is 23.6 Å². The van der Waals surface area contributed by atoms with E-state index in [1.54, 1.807) is 17.0 Å². The molecule has 0 unspecified atom stereocenters. The molecule has 0 radical (unpaired) electrons. The molecule has 2 aliphatic heterocycles. The Morgan fingerprint density at radius 2 is 1.73 bits per heavy atom. The first kappa shape index (κ1) is 28.7. The molecule has 2 saturated heterocycles. The Bertz CT molecular complexity index is 1330. The van der Waals surface area contributed by atoms with Gasteiger partial charge < -0.3 is 24.3 Å². The molecule has 0 aliphatic carbocycles. The van der Waals surface area contributed by atoms with Gasteiger partial charge in [-0.2, -0.15) is 0 Å². The van der Waals surface area contributed by atoms with Crippen LogP contribution in [0.4, 0.5) is 0 Å². The number of benzene rings is 2. The molecule has 0 saturated carbocycles.